The van der Waals surface area contributed by atoms with E-state index >= 15 is 0 Å². The second-order valence-corrected chi connectivity index (χ2v) is 5.69. The zero-order chi connectivity index (χ0) is 15.0. The zero-order valence-electron chi connectivity index (χ0n) is 12.2. The van der Waals surface area contributed by atoms with Gasteiger partial charge in [0.1, 0.15) is 0 Å². The molecule has 0 bridgehead atoms. The summed E-state index contributed by atoms with van der Waals surface area (Å²) in [5, 5.41) is 20.4. The van der Waals surface area contributed by atoms with Gasteiger partial charge in [0.2, 0.25) is 0 Å². The predicted octanol–water partition coefficient (Wildman–Crippen LogP) is 1.29. The van der Waals surface area contributed by atoms with Crippen LogP contribution in [-0.4, -0.2) is 53.4 Å². The first-order valence-electron chi connectivity index (χ1n) is 7.38. The Bertz CT molecular complexity index is 320. The van der Waals surface area contributed by atoms with Crippen molar-refractivity contribution in [3.05, 3.63) is 0 Å². The number of carbonyl (C=O) groups excluding carboxylic acids is 1. The van der Waals surface area contributed by atoms with Gasteiger partial charge in [-0.15, -0.1) is 0 Å². The van der Waals surface area contributed by atoms with Gasteiger partial charge in [-0.1, -0.05) is 6.92 Å². The number of likely N-dealkylation sites (tertiary alicyclic amines) is 1. The number of hydrogen-bond donors (Lipinski definition) is 3. The molecule has 1 aliphatic heterocycles. The van der Waals surface area contributed by atoms with E-state index in [4.69, 9.17) is 10.2 Å². The summed E-state index contributed by atoms with van der Waals surface area (Å²) in [4.78, 5) is 24.3. The Morgan fingerprint density at radius 2 is 2.20 bits per heavy atom. The number of nitrogens with one attached hydrogen (secondary N) is 1. The molecule has 0 aliphatic carbocycles. The lowest BCUT2D eigenvalue weighted by atomic mass is 9.95. The SMILES string of the molecule is CC(CCC(=O)O)CNC(=O)N1CCCC(CCO)C1. The molecule has 2 amide bonds. The molecule has 0 radical (unpaired) electrons. The molecule has 1 heterocycles. The van der Waals surface area contributed by atoms with Crippen molar-refractivity contribution in [1.82, 2.24) is 10.2 Å². The molecule has 3 N–H and O–H groups in total. The van der Waals surface area contributed by atoms with Gasteiger partial charge >= 0.3 is 12.0 Å². The summed E-state index contributed by atoms with van der Waals surface area (Å²) in [5.41, 5.74) is 0. The predicted molar refractivity (Wildman–Crippen MR) is 75.4 cm³/mol. The van der Waals surface area contributed by atoms with Crippen molar-refractivity contribution in [2.75, 3.05) is 26.2 Å². The summed E-state index contributed by atoms with van der Waals surface area (Å²) in [6.45, 7) is 4.08. The van der Waals surface area contributed by atoms with E-state index < -0.39 is 5.97 Å². The highest BCUT2D eigenvalue weighted by molar-refractivity contribution is 5.74. The Morgan fingerprint density at radius 1 is 1.45 bits per heavy atom. The van der Waals surface area contributed by atoms with Crippen LogP contribution in [0.25, 0.3) is 0 Å². The summed E-state index contributed by atoms with van der Waals surface area (Å²) in [5.74, 6) is -0.247. The van der Waals surface area contributed by atoms with Gasteiger partial charge in [-0.3, -0.25) is 4.79 Å². The third-order valence-corrected chi connectivity index (χ3v) is 3.80. The van der Waals surface area contributed by atoms with Crippen LogP contribution >= 0.6 is 0 Å². The van der Waals surface area contributed by atoms with Crippen molar-refractivity contribution in [3.8, 4) is 0 Å². The Morgan fingerprint density at radius 3 is 2.85 bits per heavy atom. The third-order valence-electron chi connectivity index (χ3n) is 3.80. The number of urea groups is 1. The van der Waals surface area contributed by atoms with Gasteiger partial charge in [-0.25, -0.2) is 4.79 Å². The summed E-state index contributed by atoms with van der Waals surface area (Å²) >= 11 is 0. The fraction of sp³-hybridized carbons (Fsp3) is 0.857. The van der Waals surface area contributed by atoms with Crippen LogP contribution in [0, 0.1) is 11.8 Å². The van der Waals surface area contributed by atoms with Crippen LogP contribution < -0.4 is 5.32 Å². The van der Waals surface area contributed by atoms with Crippen LogP contribution in [0.2, 0.25) is 0 Å². The highest BCUT2D eigenvalue weighted by Crippen LogP contribution is 2.19. The molecule has 6 nitrogen and oxygen atoms in total. The largest absolute Gasteiger partial charge is 0.481 e. The maximum absolute atomic E-state index is 12.0. The summed E-state index contributed by atoms with van der Waals surface area (Å²) in [7, 11) is 0. The number of aliphatic hydroxyl groups excluding tert-OH is 1. The molecule has 1 fully saturated rings. The number of amides is 2. The van der Waals surface area contributed by atoms with Crippen LogP contribution in [0.1, 0.15) is 39.0 Å². The quantitative estimate of drug-likeness (QED) is 0.658. The maximum Gasteiger partial charge on any atom is 0.317 e. The topological polar surface area (TPSA) is 89.9 Å². The van der Waals surface area contributed by atoms with E-state index in [1.165, 1.54) is 0 Å². The van der Waals surface area contributed by atoms with Gasteiger partial charge in [-0.2, -0.15) is 0 Å². The van der Waals surface area contributed by atoms with Crippen LogP contribution in [0.4, 0.5) is 4.79 Å². The molecular formula is C14H26N2O4. The second-order valence-electron chi connectivity index (χ2n) is 5.69. The van der Waals surface area contributed by atoms with Gasteiger partial charge in [0.15, 0.2) is 0 Å². The molecule has 0 saturated carbocycles. The second kappa shape index (κ2) is 8.79. The van der Waals surface area contributed by atoms with E-state index in [2.05, 4.69) is 5.32 Å². The Hall–Kier alpha value is -1.30. The molecule has 0 aromatic heterocycles. The van der Waals surface area contributed by atoms with Crippen molar-refractivity contribution < 1.29 is 19.8 Å². The summed E-state index contributed by atoms with van der Waals surface area (Å²) < 4.78 is 0. The summed E-state index contributed by atoms with van der Waals surface area (Å²) in [6, 6.07) is -0.0742. The molecule has 6 heteroatoms. The van der Waals surface area contributed by atoms with E-state index in [1.54, 1.807) is 4.90 Å². The fourth-order valence-electron chi connectivity index (χ4n) is 2.51. The van der Waals surface area contributed by atoms with Crippen molar-refractivity contribution in [1.29, 1.82) is 0 Å². The first-order valence-corrected chi connectivity index (χ1v) is 7.38. The van der Waals surface area contributed by atoms with Gasteiger partial charge in [0.25, 0.3) is 0 Å². The minimum atomic E-state index is -0.800. The zero-order valence-corrected chi connectivity index (χ0v) is 12.2. The first kappa shape index (κ1) is 16.8. The van der Waals surface area contributed by atoms with Crippen LogP contribution in [-0.2, 0) is 4.79 Å². The normalized spacial score (nSPS) is 20.5. The van der Waals surface area contributed by atoms with Crippen molar-refractivity contribution >= 4 is 12.0 Å². The molecule has 0 spiro atoms. The number of piperidine rings is 1. The maximum atomic E-state index is 12.0. The molecule has 116 valence electrons. The van der Waals surface area contributed by atoms with E-state index in [1.807, 2.05) is 6.92 Å². The average molecular weight is 286 g/mol. The van der Waals surface area contributed by atoms with Crippen LogP contribution in [0.15, 0.2) is 0 Å². The molecule has 1 rings (SSSR count). The van der Waals surface area contributed by atoms with E-state index in [9.17, 15) is 9.59 Å². The van der Waals surface area contributed by atoms with Gasteiger partial charge in [-0.05, 0) is 37.5 Å². The first-order chi connectivity index (χ1) is 9.52. The number of carbonyl (C=O) groups is 2. The van der Waals surface area contributed by atoms with E-state index in [0.29, 0.717) is 25.4 Å². The Balaban J connectivity index is 2.26. The Labute approximate surface area is 120 Å². The number of aliphatic carboxylic acids is 1. The molecule has 2 unspecified atom stereocenters. The molecule has 0 aromatic carbocycles. The number of rotatable bonds is 7. The number of carboxylic acids is 1. The van der Waals surface area contributed by atoms with Crippen molar-refractivity contribution in [2.45, 2.75) is 39.0 Å². The van der Waals surface area contributed by atoms with Crippen molar-refractivity contribution in [2.24, 2.45) is 11.8 Å². The van der Waals surface area contributed by atoms with Gasteiger partial charge in [0.05, 0.1) is 0 Å². The van der Waals surface area contributed by atoms with Crippen LogP contribution in [0.5, 0.6) is 0 Å². The molecule has 1 aliphatic rings. The number of aliphatic hydroxyl groups is 1. The van der Waals surface area contributed by atoms with E-state index in [0.717, 1.165) is 25.8 Å². The van der Waals surface area contributed by atoms with Gasteiger partial charge in [0, 0.05) is 32.7 Å². The standard InChI is InChI=1S/C14H26N2O4/c1-11(4-5-13(18)19)9-15-14(20)16-7-2-3-12(10-16)6-8-17/h11-12,17H,2-10H2,1H3,(H,15,20)(H,18,19). The molecule has 1 saturated heterocycles. The highest BCUT2D eigenvalue weighted by atomic mass is 16.4. The number of hydrogen-bond acceptors (Lipinski definition) is 3. The number of carboxylic acid groups (broad SMARTS) is 1. The molecular weight excluding hydrogens is 260 g/mol. The monoisotopic (exact) mass is 286 g/mol. The lowest BCUT2D eigenvalue weighted by molar-refractivity contribution is -0.137. The van der Waals surface area contributed by atoms with Gasteiger partial charge < -0.3 is 20.4 Å². The average Bonchev–Trinajstić information content (AvgIpc) is 2.43. The lowest BCUT2D eigenvalue weighted by Gasteiger charge is -2.32. The molecule has 0 aromatic rings. The molecule has 2 atom stereocenters. The van der Waals surface area contributed by atoms with Crippen LogP contribution in [0.3, 0.4) is 0 Å². The highest BCUT2D eigenvalue weighted by Gasteiger charge is 2.23. The lowest BCUT2D eigenvalue weighted by Crippen LogP contribution is -2.46. The number of nitrogens with zero attached hydrogens (tertiary/aromatic N) is 1. The third kappa shape index (κ3) is 6.23. The molecule has 20 heavy (non-hydrogen) atoms. The minimum absolute atomic E-state index is 0.0742. The smallest absolute Gasteiger partial charge is 0.317 e. The Kier molecular flexibility index (Phi) is 7.36. The van der Waals surface area contributed by atoms with E-state index in [-0.39, 0.29) is 25.0 Å². The fourth-order valence-corrected chi connectivity index (χ4v) is 2.51. The minimum Gasteiger partial charge on any atom is -0.481 e. The summed E-state index contributed by atoms with van der Waals surface area (Å²) in [6.07, 6.45) is 3.51. The van der Waals surface area contributed by atoms with Crippen molar-refractivity contribution in [3.63, 3.8) is 0 Å².